The monoisotopic (exact) mass is 237 g/mol. The van der Waals surface area contributed by atoms with Crippen LogP contribution in [0.5, 0.6) is 5.75 Å². The van der Waals surface area contributed by atoms with E-state index in [1.54, 1.807) is 0 Å². The molecule has 1 aliphatic heterocycles. The Morgan fingerprint density at radius 2 is 2.31 bits per heavy atom. The van der Waals surface area contributed by atoms with Crippen molar-refractivity contribution < 1.29 is 4.74 Å². The van der Waals surface area contributed by atoms with Crippen molar-refractivity contribution in [2.24, 2.45) is 0 Å². The number of hydrogen-bond acceptors (Lipinski definition) is 3. The van der Waals surface area contributed by atoms with Gasteiger partial charge in [0.2, 0.25) is 0 Å². The summed E-state index contributed by atoms with van der Waals surface area (Å²) < 4.78 is 5.89. The van der Waals surface area contributed by atoms with E-state index in [4.69, 9.17) is 4.74 Å². The molecule has 1 atom stereocenters. The molecule has 1 aromatic carbocycles. The molecule has 3 heteroatoms. The first-order valence-electron chi connectivity index (χ1n) is 5.92. The molecule has 0 radical (unpaired) electrons. The van der Waals surface area contributed by atoms with Crippen molar-refractivity contribution in [1.82, 2.24) is 5.32 Å². The summed E-state index contributed by atoms with van der Waals surface area (Å²) in [6, 6.07) is 8.81. The first-order chi connectivity index (χ1) is 7.90. The standard InChI is InChI=1S/C13H19NOS/c1-2-11-5-3-4-6-13(11)15-9-12-10-16-8-7-14-12/h3-6,12,14H,2,7-10H2,1H3. The third-order valence-electron chi connectivity index (χ3n) is 2.79. The molecule has 0 spiro atoms. The topological polar surface area (TPSA) is 21.3 Å². The van der Waals surface area contributed by atoms with Gasteiger partial charge in [-0.05, 0) is 18.1 Å². The number of rotatable bonds is 4. The van der Waals surface area contributed by atoms with Crippen LogP contribution < -0.4 is 10.1 Å². The lowest BCUT2D eigenvalue weighted by atomic mass is 10.1. The molecule has 1 N–H and O–H groups in total. The number of ether oxygens (including phenoxy) is 1. The average Bonchev–Trinajstić information content (AvgIpc) is 2.38. The number of para-hydroxylation sites is 1. The van der Waals surface area contributed by atoms with Gasteiger partial charge in [-0.1, -0.05) is 25.1 Å². The summed E-state index contributed by atoms with van der Waals surface area (Å²) in [7, 11) is 0. The molecule has 1 aliphatic rings. The SMILES string of the molecule is CCc1ccccc1OCC1CSCCN1. The predicted octanol–water partition coefficient (Wildman–Crippen LogP) is 2.33. The second kappa shape index (κ2) is 6.16. The Labute approximate surface area is 102 Å². The second-order valence-electron chi connectivity index (χ2n) is 4.00. The molecule has 1 heterocycles. The van der Waals surface area contributed by atoms with E-state index < -0.39 is 0 Å². The molecule has 1 unspecified atom stereocenters. The Bertz CT molecular complexity index is 323. The zero-order valence-electron chi connectivity index (χ0n) is 9.74. The lowest BCUT2D eigenvalue weighted by Crippen LogP contribution is -2.41. The van der Waals surface area contributed by atoms with Crippen LogP contribution in [0.4, 0.5) is 0 Å². The van der Waals surface area contributed by atoms with E-state index in [0.717, 1.165) is 31.1 Å². The lowest BCUT2D eigenvalue weighted by molar-refractivity contribution is 0.273. The number of benzene rings is 1. The van der Waals surface area contributed by atoms with E-state index >= 15 is 0 Å². The average molecular weight is 237 g/mol. The van der Waals surface area contributed by atoms with Crippen LogP contribution in [0.3, 0.4) is 0 Å². The van der Waals surface area contributed by atoms with E-state index in [-0.39, 0.29) is 0 Å². The van der Waals surface area contributed by atoms with Gasteiger partial charge in [0.25, 0.3) is 0 Å². The van der Waals surface area contributed by atoms with Crippen molar-refractivity contribution in [3.63, 3.8) is 0 Å². The maximum absolute atomic E-state index is 5.89. The molecular weight excluding hydrogens is 218 g/mol. The Morgan fingerprint density at radius 3 is 3.06 bits per heavy atom. The number of nitrogens with one attached hydrogen (secondary N) is 1. The summed E-state index contributed by atoms with van der Waals surface area (Å²) in [6.45, 7) is 4.05. The van der Waals surface area contributed by atoms with Crippen molar-refractivity contribution in [2.75, 3.05) is 24.7 Å². The summed E-state index contributed by atoms with van der Waals surface area (Å²) in [5, 5.41) is 3.48. The van der Waals surface area contributed by atoms with Gasteiger partial charge in [0.05, 0.1) is 6.04 Å². The van der Waals surface area contributed by atoms with Crippen LogP contribution in [0.25, 0.3) is 0 Å². The van der Waals surface area contributed by atoms with Crippen LogP contribution in [0, 0.1) is 0 Å². The van der Waals surface area contributed by atoms with Crippen LogP contribution in [0.1, 0.15) is 12.5 Å². The van der Waals surface area contributed by atoms with Crippen LogP contribution >= 0.6 is 11.8 Å². The number of aryl methyl sites for hydroxylation is 1. The van der Waals surface area contributed by atoms with Gasteiger partial charge in [-0.15, -0.1) is 0 Å². The first-order valence-corrected chi connectivity index (χ1v) is 7.07. The molecule has 2 nitrogen and oxygen atoms in total. The lowest BCUT2D eigenvalue weighted by Gasteiger charge is -2.23. The fourth-order valence-electron chi connectivity index (χ4n) is 1.85. The molecule has 0 bridgehead atoms. The van der Waals surface area contributed by atoms with Crippen LogP contribution in [-0.4, -0.2) is 30.7 Å². The van der Waals surface area contributed by atoms with Gasteiger partial charge in [0, 0.05) is 18.1 Å². The highest BCUT2D eigenvalue weighted by Crippen LogP contribution is 2.19. The third kappa shape index (κ3) is 3.16. The van der Waals surface area contributed by atoms with Crippen molar-refractivity contribution in [3.8, 4) is 5.75 Å². The Morgan fingerprint density at radius 1 is 1.44 bits per heavy atom. The fourth-order valence-corrected chi connectivity index (χ4v) is 2.78. The zero-order valence-corrected chi connectivity index (χ0v) is 10.6. The van der Waals surface area contributed by atoms with Crippen molar-refractivity contribution in [3.05, 3.63) is 29.8 Å². The smallest absolute Gasteiger partial charge is 0.122 e. The van der Waals surface area contributed by atoms with Crippen molar-refractivity contribution >= 4 is 11.8 Å². The molecular formula is C13H19NOS. The molecule has 1 saturated heterocycles. The van der Waals surface area contributed by atoms with E-state index in [1.165, 1.54) is 11.3 Å². The minimum absolute atomic E-state index is 0.503. The third-order valence-corrected chi connectivity index (χ3v) is 3.92. The van der Waals surface area contributed by atoms with Crippen molar-refractivity contribution in [2.45, 2.75) is 19.4 Å². The van der Waals surface area contributed by atoms with Crippen LogP contribution in [0.2, 0.25) is 0 Å². The first kappa shape index (κ1) is 11.8. The number of thioether (sulfide) groups is 1. The van der Waals surface area contributed by atoms with Crippen LogP contribution in [0.15, 0.2) is 24.3 Å². The Hall–Kier alpha value is -0.670. The van der Waals surface area contributed by atoms with E-state index in [0.29, 0.717) is 6.04 Å². The van der Waals surface area contributed by atoms with Crippen molar-refractivity contribution in [1.29, 1.82) is 0 Å². The molecule has 16 heavy (non-hydrogen) atoms. The van der Waals surface area contributed by atoms with Crippen LogP contribution in [-0.2, 0) is 6.42 Å². The molecule has 2 rings (SSSR count). The van der Waals surface area contributed by atoms with Gasteiger partial charge >= 0.3 is 0 Å². The largest absolute Gasteiger partial charge is 0.492 e. The van der Waals surface area contributed by atoms with Gasteiger partial charge in [-0.25, -0.2) is 0 Å². The number of hydrogen-bond donors (Lipinski definition) is 1. The van der Waals surface area contributed by atoms with E-state index in [9.17, 15) is 0 Å². The molecule has 0 aliphatic carbocycles. The summed E-state index contributed by atoms with van der Waals surface area (Å²) >= 11 is 2.01. The maximum Gasteiger partial charge on any atom is 0.122 e. The van der Waals surface area contributed by atoms with Gasteiger partial charge in [-0.2, -0.15) is 11.8 Å². The van der Waals surface area contributed by atoms with E-state index in [2.05, 4.69) is 30.4 Å². The summed E-state index contributed by atoms with van der Waals surface area (Å²) in [6.07, 6.45) is 1.03. The fraction of sp³-hybridized carbons (Fsp3) is 0.538. The second-order valence-corrected chi connectivity index (χ2v) is 5.15. The quantitative estimate of drug-likeness (QED) is 0.868. The molecule has 1 fully saturated rings. The molecule has 0 amide bonds. The molecule has 0 saturated carbocycles. The van der Waals surface area contributed by atoms with Gasteiger partial charge in [0.15, 0.2) is 0 Å². The maximum atomic E-state index is 5.89. The summed E-state index contributed by atoms with van der Waals surface area (Å²) in [5.74, 6) is 3.43. The van der Waals surface area contributed by atoms with E-state index in [1.807, 2.05) is 17.8 Å². The summed E-state index contributed by atoms with van der Waals surface area (Å²) in [5.41, 5.74) is 1.30. The molecule has 1 aromatic rings. The highest BCUT2D eigenvalue weighted by atomic mass is 32.2. The minimum atomic E-state index is 0.503. The zero-order chi connectivity index (χ0) is 11.2. The molecule has 0 aromatic heterocycles. The highest BCUT2D eigenvalue weighted by Gasteiger charge is 2.13. The Kier molecular flexibility index (Phi) is 4.55. The Balaban J connectivity index is 1.88. The minimum Gasteiger partial charge on any atom is -0.492 e. The van der Waals surface area contributed by atoms with Gasteiger partial charge < -0.3 is 10.1 Å². The van der Waals surface area contributed by atoms with Gasteiger partial charge in [-0.3, -0.25) is 0 Å². The highest BCUT2D eigenvalue weighted by molar-refractivity contribution is 7.99. The normalized spacial score (nSPS) is 20.7. The van der Waals surface area contributed by atoms with Gasteiger partial charge in [0.1, 0.15) is 12.4 Å². The molecule has 88 valence electrons. The summed E-state index contributed by atoms with van der Waals surface area (Å²) in [4.78, 5) is 0. The predicted molar refractivity (Wildman–Crippen MR) is 70.4 cm³/mol.